The zero-order chi connectivity index (χ0) is 13.0. The lowest BCUT2D eigenvalue weighted by Crippen LogP contribution is -2.37. The third kappa shape index (κ3) is 3.68. The molecule has 0 fully saturated rings. The van der Waals surface area contributed by atoms with Crippen molar-refractivity contribution >= 4 is 34.7 Å². The van der Waals surface area contributed by atoms with Gasteiger partial charge >= 0.3 is 0 Å². The normalized spacial score (nSPS) is 13.8. The SMILES string of the molecule is CC(C(=O)NC(C)c1ccccc1Cl)C(N)=S. The quantitative estimate of drug-likeness (QED) is 0.827. The molecule has 2 atom stereocenters. The zero-order valence-corrected chi connectivity index (χ0v) is 11.3. The van der Waals surface area contributed by atoms with E-state index in [4.69, 9.17) is 29.6 Å². The standard InChI is InChI=1S/C12H15ClN2OS/c1-7(11(14)17)12(16)15-8(2)9-5-3-4-6-10(9)13/h3-8H,1-2H3,(H2,14,17)(H,15,16). The minimum atomic E-state index is -0.477. The summed E-state index contributed by atoms with van der Waals surface area (Å²) in [6, 6.07) is 7.21. The first-order valence-corrected chi connectivity index (χ1v) is 6.06. The maximum atomic E-state index is 11.8. The van der Waals surface area contributed by atoms with Crippen LogP contribution in [0.2, 0.25) is 5.02 Å². The lowest BCUT2D eigenvalue weighted by Gasteiger charge is -2.18. The highest BCUT2D eigenvalue weighted by Crippen LogP contribution is 2.22. The van der Waals surface area contributed by atoms with Crippen LogP contribution in [0.25, 0.3) is 0 Å². The number of nitrogens with two attached hydrogens (primary N) is 1. The van der Waals surface area contributed by atoms with Crippen LogP contribution in [0, 0.1) is 5.92 Å². The summed E-state index contributed by atoms with van der Waals surface area (Å²) in [5.41, 5.74) is 6.30. The average Bonchev–Trinajstić information content (AvgIpc) is 2.28. The average molecular weight is 271 g/mol. The lowest BCUT2D eigenvalue weighted by molar-refractivity contribution is -0.123. The van der Waals surface area contributed by atoms with Crippen molar-refractivity contribution in [3.8, 4) is 0 Å². The molecule has 0 radical (unpaired) electrons. The first-order chi connectivity index (χ1) is 7.93. The molecule has 0 saturated heterocycles. The largest absolute Gasteiger partial charge is 0.393 e. The molecule has 0 aliphatic carbocycles. The highest BCUT2D eigenvalue weighted by atomic mass is 35.5. The fourth-order valence-corrected chi connectivity index (χ4v) is 1.78. The summed E-state index contributed by atoms with van der Waals surface area (Å²) in [5, 5.41) is 3.46. The van der Waals surface area contributed by atoms with Gasteiger partial charge in [-0.2, -0.15) is 0 Å². The van der Waals surface area contributed by atoms with Crippen molar-refractivity contribution in [2.75, 3.05) is 0 Å². The van der Waals surface area contributed by atoms with Crippen molar-refractivity contribution in [3.05, 3.63) is 34.9 Å². The molecule has 0 bridgehead atoms. The van der Waals surface area contributed by atoms with Gasteiger partial charge < -0.3 is 11.1 Å². The van der Waals surface area contributed by atoms with Gasteiger partial charge in [-0.15, -0.1) is 0 Å². The van der Waals surface area contributed by atoms with Crippen LogP contribution in [0.15, 0.2) is 24.3 Å². The number of thiocarbonyl (C=S) groups is 1. The van der Waals surface area contributed by atoms with Gasteiger partial charge in [0.2, 0.25) is 5.91 Å². The molecule has 1 rings (SSSR count). The maximum Gasteiger partial charge on any atom is 0.230 e. The third-order valence-corrected chi connectivity index (χ3v) is 3.25. The van der Waals surface area contributed by atoms with Crippen LogP contribution in [0.4, 0.5) is 0 Å². The van der Waals surface area contributed by atoms with Crippen LogP contribution < -0.4 is 11.1 Å². The van der Waals surface area contributed by atoms with Crippen LogP contribution in [-0.4, -0.2) is 10.9 Å². The predicted molar refractivity (Wildman–Crippen MR) is 74.0 cm³/mol. The Kier molecular flexibility index (Phi) is 4.90. The van der Waals surface area contributed by atoms with Gasteiger partial charge in [0.1, 0.15) is 0 Å². The van der Waals surface area contributed by atoms with Gasteiger partial charge in [0.05, 0.1) is 16.9 Å². The van der Waals surface area contributed by atoms with Gasteiger partial charge in [0.25, 0.3) is 0 Å². The number of halogens is 1. The van der Waals surface area contributed by atoms with Crippen molar-refractivity contribution in [3.63, 3.8) is 0 Å². The second-order valence-corrected chi connectivity index (χ2v) is 4.75. The molecule has 0 heterocycles. The van der Waals surface area contributed by atoms with Gasteiger partial charge in [-0.25, -0.2) is 0 Å². The molecule has 5 heteroatoms. The lowest BCUT2D eigenvalue weighted by atomic mass is 10.1. The molecule has 1 amide bonds. The third-order valence-electron chi connectivity index (χ3n) is 2.55. The van der Waals surface area contributed by atoms with E-state index in [1.54, 1.807) is 13.0 Å². The first kappa shape index (κ1) is 13.9. The molecule has 2 unspecified atom stereocenters. The molecule has 0 saturated carbocycles. The minimum Gasteiger partial charge on any atom is -0.393 e. The summed E-state index contributed by atoms with van der Waals surface area (Å²) in [6.07, 6.45) is 0. The number of carbonyl (C=O) groups excluding carboxylic acids is 1. The van der Waals surface area contributed by atoms with Crippen LogP contribution in [0.1, 0.15) is 25.5 Å². The summed E-state index contributed by atoms with van der Waals surface area (Å²) in [7, 11) is 0. The van der Waals surface area contributed by atoms with E-state index in [-0.39, 0.29) is 16.9 Å². The number of hydrogen-bond donors (Lipinski definition) is 2. The van der Waals surface area contributed by atoms with E-state index in [2.05, 4.69) is 5.32 Å². The van der Waals surface area contributed by atoms with Crippen LogP contribution in [0.5, 0.6) is 0 Å². The predicted octanol–water partition coefficient (Wildman–Crippen LogP) is 2.44. The van der Waals surface area contributed by atoms with Gasteiger partial charge in [-0.3, -0.25) is 4.79 Å². The Morgan fingerprint density at radius 3 is 2.53 bits per heavy atom. The summed E-state index contributed by atoms with van der Waals surface area (Å²) >= 11 is 10.8. The molecule has 0 aliphatic rings. The van der Waals surface area contributed by atoms with E-state index < -0.39 is 5.92 Å². The molecule has 17 heavy (non-hydrogen) atoms. The number of amides is 1. The second kappa shape index (κ2) is 5.98. The molecule has 1 aromatic rings. The Bertz CT molecular complexity index is 436. The molecule has 0 spiro atoms. The molecule has 0 aromatic heterocycles. The smallest absolute Gasteiger partial charge is 0.230 e. The van der Waals surface area contributed by atoms with Crippen molar-refractivity contribution < 1.29 is 4.79 Å². The number of rotatable bonds is 4. The minimum absolute atomic E-state index is 0.173. The van der Waals surface area contributed by atoms with E-state index in [9.17, 15) is 4.79 Å². The van der Waals surface area contributed by atoms with E-state index in [1.807, 2.05) is 25.1 Å². The molecule has 3 nitrogen and oxygen atoms in total. The van der Waals surface area contributed by atoms with Gasteiger partial charge in [-0.1, -0.05) is 42.0 Å². The Balaban J connectivity index is 2.73. The molecule has 1 aromatic carbocycles. The van der Waals surface area contributed by atoms with Crippen molar-refractivity contribution in [1.29, 1.82) is 0 Å². The fourth-order valence-electron chi connectivity index (χ4n) is 1.37. The number of carbonyl (C=O) groups is 1. The van der Waals surface area contributed by atoms with E-state index in [1.165, 1.54) is 0 Å². The monoisotopic (exact) mass is 270 g/mol. The molecule has 92 valence electrons. The fraction of sp³-hybridized carbons (Fsp3) is 0.333. The maximum absolute atomic E-state index is 11.8. The number of nitrogens with one attached hydrogen (secondary N) is 1. The summed E-state index contributed by atoms with van der Waals surface area (Å²) in [6.45, 7) is 3.54. The summed E-state index contributed by atoms with van der Waals surface area (Å²) in [5.74, 6) is -0.667. The van der Waals surface area contributed by atoms with E-state index in [0.29, 0.717) is 5.02 Å². The molecular formula is C12H15ClN2OS. The number of benzene rings is 1. The highest BCUT2D eigenvalue weighted by Gasteiger charge is 2.19. The molecular weight excluding hydrogens is 256 g/mol. The highest BCUT2D eigenvalue weighted by molar-refractivity contribution is 7.80. The van der Waals surface area contributed by atoms with Gasteiger partial charge in [-0.05, 0) is 25.5 Å². The van der Waals surface area contributed by atoms with E-state index in [0.717, 1.165) is 5.56 Å². The first-order valence-electron chi connectivity index (χ1n) is 5.27. The van der Waals surface area contributed by atoms with Crippen molar-refractivity contribution in [2.24, 2.45) is 11.7 Å². The molecule has 0 aliphatic heterocycles. The summed E-state index contributed by atoms with van der Waals surface area (Å²) < 4.78 is 0. The van der Waals surface area contributed by atoms with E-state index >= 15 is 0 Å². The second-order valence-electron chi connectivity index (χ2n) is 3.88. The van der Waals surface area contributed by atoms with Crippen LogP contribution in [0.3, 0.4) is 0 Å². The van der Waals surface area contributed by atoms with Crippen LogP contribution in [-0.2, 0) is 4.79 Å². The summed E-state index contributed by atoms with van der Waals surface area (Å²) in [4.78, 5) is 11.9. The zero-order valence-electron chi connectivity index (χ0n) is 9.74. The van der Waals surface area contributed by atoms with Crippen molar-refractivity contribution in [2.45, 2.75) is 19.9 Å². The van der Waals surface area contributed by atoms with Gasteiger partial charge in [0.15, 0.2) is 0 Å². The van der Waals surface area contributed by atoms with Crippen LogP contribution >= 0.6 is 23.8 Å². The Morgan fingerprint density at radius 1 is 1.41 bits per heavy atom. The topological polar surface area (TPSA) is 55.1 Å². The van der Waals surface area contributed by atoms with Crippen molar-refractivity contribution in [1.82, 2.24) is 5.32 Å². The Labute approximate surface area is 111 Å². The number of hydrogen-bond acceptors (Lipinski definition) is 2. The molecule has 3 N–H and O–H groups in total. The Hall–Kier alpha value is -1.13. The Morgan fingerprint density at radius 2 is 2.00 bits per heavy atom. The van der Waals surface area contributed by atoms with Gasteiger partial charge in [0, 0.05) is 5.02 Å².